The molecule has 0 bridgehead atoms. The Labute approximate surface area is 702 Å². The maximum Gasteiger partial charge on any atom is 0.116 e. The fourth-order valence-electron chi connectivity index (χ4n) is 16.8. The summed E-state index contributed by atoms with van der Waals surface area (Å²) in [4.78, 5) is 28.7. The molecule has 0 amide bonds. The first-order chi connectivity index (χ1) is 58.9. The maximum absolute atomic E-state index is 4.93. The Kier molecular flexibility index (Phi) is 20.5. The van der Waals surface area contributed by atoms with Crippen LogP contribution in [-0.4, -0.2) is 29.9 Å². The molecule has 120 heavy (non-hydrogen) atoms. The smallest absolute Gasteiger partial charge is 0.116 e. The SMILES string of the molecule is Cc1ccnc(-c2ccc(-c3ccccc3-c3cc(-c4ccccc4-c4ccc(-c5cc(C)ccn5)cc4)cc(-c4cc(C)ccc4-c4ccc(-c5cc(-c6ccc(-c7ccc(C)cc7-c7cc(-c8ccccc8-c8ccc(-c9cc(C)ccn9)cc8)cc(-c8ccccc8-c8ccc(-c9cc(C)ccn9)cc8)c7)cc6)ncn5)cc4)c3)cc2)c1. The lowest BCUT2D eigenvalue weighted by Gasteiger charge is -2.18. The van der Waals surface area contributed by atoms with Crippen molar-refractivity contribution in [2.45, 2.75) is 41.5 Å². The Morgan fingerprint density at radius 3 is 0.517 bits per heavy atom. The second-order valence-electron chi connectivity index (χ2n) is 31.5. The molecule has 0 atom stereocenters. The van der Waals surface area contributed by atoms with Gasteiger partial charge in [-0.25, -0.2) is 9.97 Å². The Hall–Kier alpha value is -15.2. The van der Waals surface area contributed by atoms with Gasteiger partial charge in [-0.3, -0.25) is 19.9 Å². The van der Waals surface area contributed by atoms with Gasteiger partial charge in [-0.2, -0.15) is 0 Å². The van der Waals surface area contributed by atoms with Gasteiger partial charge in [0.15, 0.2) is 0 Å². The summed E-state index contributed by atoms with van der Waals surface area (Å²) in [7, 11) is 0. The van der Waals surface area contributed by atoms with Crippen LogP contribution in [0.1, 0.15) is 33.4 Å². The topological polar surface area (TPSA) is 77.3 Å². The third-order valence-electron chi connectivity index (χ3n) is 23.1. The van der Waals surface area contributed by atoms with E-state index in [2.05, 4.69) is 387 Å². The van der Waals surface area contributed by atoms with Crippen molar-refractivity contribution in [1.82, 2.24) is 29.9 Å². The molecule has 6 nitrogen and oxygen atoms in total. The molecule has 0 unspecified atom stereocenters. The number of hydrogen-bond acceptors (Lipinski definition) is 6. The monoisotopic (exact) mass is 1540 g/mol. The van der Waals surface area contributed by atoms with Gasteiger partial charge < -0.3 is 0 Å². The van der Waals surface area contributed by atoms with Crippen LogP contribution in [0.25, 0.3) is 201 Å². The molecule has 19 rings (SSSR count). The van der Waals surface area contributed by atoms with Crippen LogP contribution in [0.5, 0.6) is 0 Å². The van der Waals surface area contributed by atoms with Crippen molar-refractivity contribution in [3.05, 3.63) is 435 Å². The van der Waals surface area contributed by atoms with Gasteiger partial charge in [0.2, 0.25) is 0 Å². The zero-order valence-electron chi connectivity index (χ0n) is 67.8. The van der Waals surface area contributed by atoms with Crippen molar-refractivity contribution in [3.8, 4) is 201 Å². The number of rotatable bonds is 18. The van der Waals surface area contributed by atoms with E-state index in [-0.39, 0.29) is 0 Å². The van der Waals surface area contributed by atoms with Crippen molar-refractivity contribution in [3.63, 3.8) is 0 Å². The second kappa shape index (κ2) is 32.8. The van der Waals surface area contributed by atoms with E-state index in [4.69, 9.17) is 29.9 Å². The quantitative estimate of drug-likeness (QED) is 0.0852. The van der Waals surface area contributed by atoms with Crippen molar-refractivity contribution in [2.75, 3.05) is 0 Å². The lowest BCUT2D eigenvalue weighted by molar-refractivity contribution is 1.18. The largest absolute Gasteiger partial charge is 0.256 e. The number of pyridine rings is 4. The molecular weight excluding hydrogens is 1450 g/mol. The standard InChI is InChI=1S/C114H84N6/c1-73-23-49-105(107(59-73)95-67-91(101-19-11-7-15-97(101)79-25-37-85(38-26-79)109-61-75(3)51-55-115-109)65-92(68-95)102-20-12-8-16-98(102)80-27-39-86(40-28-80)110-62-76(4)52-56-116-110)83-33-45-89(46-34-83)113-71-114(120-72-119-113)90-47-35-84(36-48-90)106-50-24-74(2)60-108(106)96-69-93(103-21-13-9-17-99(103)81-29-41-87(42-30-81)111-63-77(5)53-57-117-111)66-94(70-96)104-22-14-10-18-100(104)82-31-43-88(44-32-82)112-64-78(6)54-58-118-112/h7-72H,1-6H3. The molecule has 0 aliphatic carbocycles. The Bertz CT molecular complexity index is 6320. The minimum absolute atomic E-state index is 0.838. The molecule has 0 saturated carbocycles. The van der Waals surface area contributed by atoms with E-state index in [9.17, 15) is 0 Å². The molecule has 19 aromatic rings. The van der Waals surface area contributed by atoms with E-state index >= 15 is 0 Å². The normalized spacial score (nSPS) is 11.2. The molecule has 570 valence electrons. The zero-order valence-corrected chi connectivity index (χ0v) is 67.8. The van der Waals surface area contributed by atoms with Crippen LogP contribution >= 0.6 is 0 Å². The summed E-state index contributed by atoms with van der Waals surface area (Å²) in [6, 6.07) is 135. The fourth-order valence-corrected chi connectivity index (χ4v) is 16.8. The summed E-state index contributed by atoms with van der Waals surface area (Å²) < 4.78 is 0. The molecule has 5 aromatic heterocycles. The Balaban J connectivity index is 0.653. The van der Waals surface area contributed by atoms with Crippen molar-refractivity contribution >= 4 is 0 Å². The van der Waals surface area contributed by atoms with Gasteiger partial charge in [0.05, 0.1) is 34.2 Å². The highest BCUT2D eigenvalue weighted by molar-refractivity contribution is 5.98. The van der Waals surface area contributed by atoms with E-state index in [1.54, 1.807) is 6.33 Å². The van der Waals surface area contributed by atoms with Crippen LogP contribution in [0.15, 0.2) is 401 Å². The number of aromatic nitrogens is 6. The van der Waals surface area contributed by atoms with Gasteiger partial charge in [-0.05, 0) is 288 Å². The molecular formula is C114H84N6. The average Bonchev–Trinajstić information content (AvgIpc) is 0.763. The predicted octanol–water partition coefficient (Wildman–Crippen LogP) is 29.9. The Morgan fingerprint density at radius 2 is 0.300 bits per heavy atom. The highest BCUT2D eigenvalue weighted by Gasteiger charge is 2.22. The molecule has 14 aromatic carbocycles. The number of benzene rings is 14. The van der Waals surface area contributed by atoms with Gasteiger partial charge in [-0.15, -0.1) is 0 Å². The van der Waals surface area contributed by atoms with Gasteiger partial charge in [0, 0.05) is 58.2 Å². The van der Waals surface area contributed by atoms with E-state index < -0.39 is 0 Å². The third kappa shape index (κ3) is 15.6. The zero-order chi connectivity index (χ0) is 81.2. The van der Waals surface area contributed by atoms with Crippen molar-refractivity contribution < 1.29 is 0 Å². The molecule has 6 heteroatoms. The summed E-state index contributed by atoms with van der Waals surface area (Å²) in [6.07, 6.45) is 9.23. The minimum atomic E-state index is 0.838. The second-order valence-corrected chi connectivity index (χ2v) is 31.5. The summed E-state index contributed by atoms with van der Waals surface area (Å²) in [5.41, 5.74) is 46.0. The number of hydrogen-bond donors (Lipinski definition) is 0. The molecule has 0 aliphatic heterocycles. The minimum Gasteiger partial charge on any atom is -0.256 e. The van der Waals surface area contributed by atoms with E-state index in [0.29, 0.717) is 0 Å². The first-order valence-electron chi connectivity index (χ1n) is 40.9. The van der Waals surface area contributed by atoms with Crippen LogP contribution in [0.4, 0.5) is 0 Å². The molecule has 5 heterocycles. The first kappa shape index (κ1) is 74.8. The maximum atomic E-state index is 4.93. The van der Waals surface area contributed by atoms with Crippen LogP contribution in [0.2, 0.25) is 0 Å². The van der Waals surface area contributed by atoms with E-state index in [0.717, 1.165) is 201 Å². The summed E-state index contributed by atoms with van der Waals surface area (Å²) in [6.45, 7) is 12.8. The van der Waals surface area contributed by atoms with Gasteiger partial charge in [-0.1, -0.05) is 290 Å². The first-order valence-corrected chi connectivity index (χ1v) is 40.9. The number of aryl methyl sites for hydroxylation is 6. The summed E-state index contributed by atoms with van der Waals surface area (Å²) in [5.74, 6) is 0. The van der Waals surface area contributed by atoms with E-state index in [1.807, 2.05) is 49.1 Å². The van der Waals surface area contributed by atoms with E-state index in [1.165, 1.54) is 33.4 Å². The lowest BCUT2D eigenvalue weighted by atomic mass is 9.85. The summed E-state index contributed by atoms with van der Waals surface area (Å²) >= 11 is 0. The Morgan fingerprint density at radius 1 is 0.125 bits per heavy atom. The van der Waals surface area contributed by atoms with Crippen molar-refractivity contribution in [1.29, 1.82) is 0 Å². The van der Waals surface area contributed by atoms with Gasteiger partial charge in [0.25, 0.3) is 0 Å². The lowest BCUT2D eigenvalue weighted by Crippen LogP contribution is -1.93. The highest BCUT2D eigenvalue weighted by atomic mass is 14.8. The fraction of sp³-hybridized carbons (Fsp3) is 0.0526. The molecule has 0 radical (unpaired) electrons. The van der Waals surface area contributed by atoms with Gasteiger partial charge in [0.1, 0.15) is 6.33 Å². The molecule has 0 N–H and O–H groups in total. The third-order valence-corrected chi connectivity index (χ3v) is 23.1. The average molecular weight is 1540 g/mol. The molecule has 0 fully saturated rings. The van der Waals surface area contributed by atoms with Crippen LogP contribution in [-0.2, 0) is 0 Å². The van der Waals surface area contributed by atoms with Crippen LogP contribution in [0, 0.1) is 41.5 Å². The van der Waals surface area contributed by atoms with Crippen molar-refractivity contribution in [2.24, 2.45) is 0 Å². The summed E-state index contributed by atoms with van der Waals surface area (Å²) in [5, 5.41) is 0. The predicted molar refractivity (Wildman–Crippen MR) is 499 cm³/mol. The number of nitrogens with zero attached hydrogens (tertiary/aromatic N) is 6. The highest BCUT2D eigenvalue weighted by Crippen LogP contribution is 2.47. The molecule has 0 aliphatic rings. The molecule has 0 saturated heterocycles. The van der Waals surface area contributed by atoms with Gasteiger partial charge >= 0.3 is 0 Å². The molecule has 0 spiro atoms. The van der Waals surface area contributed by atoms with Crippen LogP contribution < -0.4 is 0 Å². The van der Waals surface area contributed by atoms with Crippen LogP contribution in [0.3, 0.4) is 0 Å².